The van der Waals surface area contributed by atoms with Gasteiger partial charge < -0.3 is 10.8 Å². The van der Waals surface area contributed by atoms with Crippen molar-refractivity contribution in [3.8, 4) is 11.1 Å². The molecule has 4 nitrogen and oxygen atoms in total. The number of carbonyl (C=O) groups is 1. The molecule has 0 unspecified atom stereocenters. The van der Waals surface area contributed by atoms with Gasteiger partial charge in [-0.2, -0.15) is 0 Å². The molecule has 0 saturated carbocycles. The van der Waals surface area contributed by atoms with Crippen LogP contribution in [0.3, 0.4) is 0 Å². The van der Waals surface area contributed by atoms with E-state index in [1.165, 1.54) is 17.5 Å². The largest absolute Gasteiger partial charge is 0.478 e. The summed E-state index contributed by atoms with van der Waals surface area (Å²) in [5, 5.41) is 10.7. The van der Waals surface area contributed by atoms with E-state index in [1.54, 1.807) is 6.07 Å². The SMILES string of the molecule is Nc1cc2c(-c3ccccc3)c(C(=O)O)cnc2s1. The molecule has 0 aliphatic rings. The third-order valence-corrected chi connectivity index (χ3v) is 3.75. The van der Waals surface area contributed by atoms with Crippen LogP contribution in [0.25, 0.3) is 21.3 Å². The van der Waals surface area contributed by atoms with Gasteiger partial charge in [0.25, 0.3) is 0 Å². The van der Waals surface area contributed by atoms with Crippen molar-refractivity contribution in [1.29, 1.82) is 0 Å². The van der Waals surface area contributed by atoms with Crippen molar-refractivity contribution in [3.63, 3.8) is 0 Å². The number of aromatic carboxylic acids is 1. The Bertz CT molecular complexity index is 766. The number of hydrogen-bond donors (Lipinski definition) is 2. The summed E-state index contributed by atoms with van der Waals surface area (Å²) in [7, 11) is 0. The molecule has 0 spiro atoms. The number of rotatable bonds is 2. The van der Waals surface area contributed by atoms with E-state index in [0.29, 0.717) is 10.6 Å². The molecule has 2 aromatic heterocycles. The van der Waals surface area contributed by atoms with Crippen LogP contribution in [0.2, 0.25) is 0 Å². The maximum atomic E-state index is 11.4. The Kier molecular flexibility index (Phi) is 2.68. The summed E-state index contributed by atoms with van der Waals surface area (Å²) in [5.74, 6) is -0.988. The molecule has 3 rings (SSSR count). The fourth-order valence-corrected chi connectivity index (χ4v) is 2.86. The van der Waals surface area contributed by atoms with Gasteiger partial charge in [0, 0.05) is 17.1 Å². The molecule has 0 amide bonds. The molecule has 0 aliphatic heterocycles. The van der Waals surface area contributed by atoms with Crippen LogP contribution in [-0.4, -0.2) is 16.1 Å². The molecule has 1 aromatic carbocycles. The molecule has 19 heavy (non-hydrogen) atoms. The molecular weight excluding hydrogens is 260 g/mol. The number of pyridine rings is 1. The fourth-order valence-electron chi connectivity index (χ4n) is 2.09. The number of nitrogen functional groups attached to an aromatic ring is 1. The quantitative estimate of drug-likeness (QED) is 0.749. The van der Waals surface area contributed by atoms with Gasteiger partial charge in [-0.15, -0.1) is 0 Å². The third kappa shape index (κ3) is 1.94. The minimum Gasteiger partial charge on any atom is -0.478 e. The Balaban J connectivity index is 2.41. The average molecular weight is 270 g/mol. The van der Waals surface area contributed by atoms with Crippen molar-refractivity contribution >= 4 is 32.5 Å². The van der Waals surface area contributed by atoms with Gasteiger partial charge in [0.1, 0.15) is 4.83 Å². The fraction of sp³-hybridized carbons (Fsp3) is 0. The van der Waals surface area contributed by atoms with E-state index in [4.69, 9.17) is 5.73 Å². The second-order valence-electron chi connectivity index (χ2n) is 4.09. The first-order valence-electron chi connectivity index (χ1n) is 5.63. The van der Waals surface area contributed by atoms with Gasteiger partial charge in [-0.05, 0) is 11.6 Å². The van der Waals surface area contributed by atoms with E-state index in [1.807, 2.05) is 30.3 Å². The lowest BCUT2D eigenvalue weighted by Gasteiger charge is -2.07. The zero-order valence-corrected chi connectivity index (χ0v) is 10.6. The van der Waals surface area contributed by atoms with Gasteiger partial charge >= 0.3 is 5.97 Å². The van der Waals surface area contributed by atoms with Crippen LogP contribution >= 0.6 is 11.3 Å². The van der Waals surface area contributed by atoms with Crippen molar-refractivity contribution in [2.45, 2.75) is 0 Å². The minimum atomic E-state index is -0.988. The van der Waals surface area contributed by atoms with Gasteiger partial charge in [-0.25, -0.2) is 9.78 Å². The topological polar surface area (TPSA) is 76.2 Å². The van der Waals surface area contributed by atoms with Crippen molar-refractivity contribution < 1.29 is 9.90 Å². The van der Waals surface area contributed by atoms with Crippen LogP contribution in [0.4, 0.5) is 5.00 Å². The molecular formula is C14H10N2O2S. The Morgan fingerprint density at radius 3 is 2.68 bits per heavy atom. The Morgan fingerprint density at radius 1 is 1.26 bits per heavy atom. The molecule has 0 atom stereocenters. The molecule has 0 radical (unpaired) electrons. The van der Waals surface area contributed by atoms with Gasteiger partial charge in [0.05, 0.1) is 10.6 Å². The van der Waals surface area contributed by atoms with Gasteiger partial charge in [-0.1, -0.05) is 41.7 Å². The molecule has 0 bridgehead atoms. The third-order valence-electron chi connectivity index (χ3n) is 2.87. The van der Waals surface area contributed by atoms with Crippen LogP contribution in [0.1, 0.15) is 10.4 Å². The van der Waals surface area contributed by atoms with Crippen LogP contribution in [-0.2, 0) is 0 Å². The zero-order chi connectivity index (χ0) is 13.4. The van der Waals surface area contributed by atoms with E-state index in [2.05, 4.69) is 4.98 Å². The molecule has 0 fully saturated rings. The number of fused-ring (bicyclic) bond motifs is 1. The molecule has 0 saturated heterocycles. The van der Waals surface area contributed by atoms with Crippen LogP contribution < -0.4 is 5.73 Å². The molecule has 5 heteroatoms. The number of nitrogens with zero attached hydrogens (tertiary/aromatic N) is 1. The smallest absolute Gasteiger partial charge is 0.337 e. The summed E-state index contributed by atoms with van der Waals surface area (Å²) in [6.45, 7) is 0. The average Bonchev–Trinajstić information content (AvgIpc) is 2.78. The highest BCUT2D eigenvalue weighted by molar-refractivity contribution is 7.22. The summed E-state index contributed by atoms with van der Waals surface area (Å²) in [6.07, 6.45) is 1.39. The number of carboxylic acid groups (broad SMARTS) is 1. The van der Waals surface area contributed by atoms with Crippen LogP contribution in [0.5, 0.6) is 0 Å². The first-order chi connectivity index (χ1) is 9.16. The van der Waals surface area contributed by atoms with E-state index in [9.17, 15) is 9.90 Å². The lowest BCUT2D eigenvalue weighted by atomic mass is 9.99. The molecule has 94 valence electrons. The Morgan fingerprint density at radius 2 is 2.00 bits per heavy atom. The highest BCUT2D eigenvalue weighted by Crippen LogP contribution is 2.36. The van der Waals surface area contributed by atoms with Crippen LogP contribution in [0, 0.1) is 0 Å². The molecule has 3 aromatic rings. The number of thiophene rings is 1. The second kappa shape index (κ2) is 4.37. The predicted molar refractivity (Wildman–Crippen MR) is 76.4 cm³/mol. The lowest BCUT2D eigenvalue weighted by Crippen LogP contribution is -2.00. The standard InChI is InChI=1S/C14H10N2O2S/c15-11-6-9-12(8-4-2-1-3-5-8)10(14(17)18)7-16-13(9)19-11/h1-7H,15H2,(H,17,18). The van der Waals surface area contributed by atoms with Gasteiger partial charge in [-0.3, -0.25) is 0 Å². The maximum absolute atomic E-state index is 11.4. The highest BCUT2D eigenvalue weighted by atomic mass is 32.1. The second-order valence-corrected chi connectivity index (χ2v) is 5.15. The number of aromatic nitrogens is 1. The lowest BCUT2D eigenvalue weighted by molar-refractivity contribution is 0.0697. The number of benzene rings is 1. The van der Waals surface area contributed by atoms with Gasteiger partial charge in [0.15, 0.2) is 0 Å². The first kappa shape index (κ1) is 11.7. The van der Waals surface area contributed by atoms with Crippen molar-refractivity contribution in [3.05, 3.63) is 48.2 Å². The minimum absolute atomic E-state index is 0.191. The molecule has 0 aliphatic carbocycles. The van der Waals surface area contributed by atoms with E-state index < -0.39 is 5.97 Å². The van der Waals surface area contributed by atoms with Crippen molar-refractivity contribution in [1.82, 2.24) is 4.98 Å². The number of nitrogens with two attached hydrogens (primary N) is 1. The first-order valence-corrected chi connectivity index (χ1v) is 6.45. The van der Waals surface area contributed by atoms with Crippen molar-refractivity contribution in [2.24, 2.45) is 0 Å². The molecule has 3 N–H and O–H groups in total. The van der Waals surface area contributed by atoms with E-state index in [0.717, 1.165) is 15.8 Å². The monoisotopic (exact) mass is 270 g/mol. The summed E-state index contributed by atoms with van der Waals surface area (Å²) in [4.78, 5) is 16.3. The zero-order valence-electron chi connectivity index (χ0n) is 9.83. The summed E-state index contributed by atoms with van der Waals surface area (Å²) in [5.41, 5.74) is 7.51. The summed E-state index contributed by atoms with van der Waals surface area (Å²) in [6, 6.07) is 11.2. The normalized spacial score (nSPS) is 10.7. The summed E-state index contributed by atoms with van der Waals surface area (Å²) >= 11 is 1.36. The number of carboxylic acids is 1. The Hall–Kier alpha value is -2.40. The van der Waals surface area contributed by atoms with Crippen LogP contribution in [0.15, 0.2) is 42.6 Å². The number of hydrogen-bond acceptors (Lipinski definition) is 4. The number of anilines is 1. The van der Waals surface area contributed by atoms with Gasteiger partial charge in [0.2, 0.25) is 0 Å². The highest BCUT2D eigenvalue weighted by Gasteiger charge is 2.17. The van der Waals surface area contributed by atoms with E-state index >= 15 is 0 Å². The van der Waals surface area contributed by atoms with Crippen molar-refractivity contribution in [2.75, 3.05) is 5.73 Å². The maximum Gasteiger partial charge on any atom is 0.337 e. The summed E-state index contributed by atoms with van der Waals surface area (Å²) < 4.78 is 0. The Labute approximate surface area is 113 Å². The molecule has 2 heterocycles. The van der Waals surface area contributed by atoms with E-state index in [-0.39, 0.29) is 5.56 Å². The predicted octanol–water partition coefficient (Wildman–Crippen LogP) is 3.24.